The molecule has 2 saturated carbocycles. The summed E-state index contributed by atoms with van der Waals surface area (Å²) in [4.78, 5) is 2.86. The average molecular weight is 266 g/mol. The van der Waals surface area contributed by atoms with E-state index in [4.69, 9.17) is 0 Å². The Hall–Kier alpha value is -0.0800. The Labute approximate surface area is 120 Å². The van der Waals surface area contributed by atoms with Gasteiger partial charge in [0.1, 0.15) is 0 Å². The normalized spacial score (nSPS) is 27.9. The topological polar surface area (TPSA) is 15.3 Å². The van der Waals surface area contributed by atoms with Crippen LogP contribution in [0.4, 0.5) is 0 Å². The molecule has 0 aliphatic heterocycles. The van der Waals surface area contributed by atoms with Gasteiger partial charge in [0.25, 0.3) is 0 Å². The number of hydrogen-bond acceptors (Lipinski definition) is 2. The highest BCUT2D eigenvalue weighted by molar-refractivity contribution is 4.97. The molecule has 0 aromatic rings. The Morgan fingerprint density at radius 1 is 1.11 bits per heavy atom. The van der Waals surface area contributed by atoms with Crippen molar-refractivity contribution < 1.29 is 0 Å². The first-order valence-electron chi connectivity index (χ1n) is 8.37. The van der Waals surface area contributed by atoms with Crippen molar-refractivity contribution in [2.45, 2.75) is 84.3 Å². The zero-order valence-electron chi connectivity index (χ0n) is 13.7. The maximum absolute atomic E-state index is 3.71. The van der Waals surface area contributed by atoms with Crippen LogP contribution in [0.3, 0.4) is 0 Å². The first kappa shape index (κ1) is 15.3. The third-order valence-corrected chi connectivity index (χ3v) is 4.68. The fourth-order valence-electron chi connectivity index (χ4n) is 3.10. The molecule has 2 aliphatic carbocycles. The Morgan fingerprint density at radius 2 is 1.79 bits per heavy atom. The summed E-state index contributed by atoms with van der Waals surface area (Å²) in [7, 11) is 0. The molecule has 2 heteroatoms. The van der Waals surface area contributed by atoms with Crippen molar-refractivity contribution in [1.82, 2.24) is 10.2 Å². The lowest BCUT2D eigenvalue weighted by atomic mass is 9.77. The molecule has 2 nitrogen and oxygen atoms in total. The molecule has 2 atom stereocenters. The molecule has 2 rings (SSSR count). The minimum absolute atomic E-state index is 0.266. The van der Waals surface area contributed by atoms with E-state index in [-0.39, 0.29) is 5.54 Å². The predicted octanol–water partition coefficient (Wildman–Crippen LogP) is 3.66. The van der Waals surface area contributed by atoms with Crippen LogP contribution in [0.5, 0.6) is 0 Å². The van der Waals surface area contributed by atoms with Crippen molar-refractivity contribution in [3.8, 4) is 0 Å². The van der Waals surface area contributed by atoms with Crippen LogP contribution in [-0.4, -0.2) is 35.6 Å². The highest BCUT2D eigenvalue weighted by Gasteiger charge is 2.41. The van der Waals surface area contributed by atoms with Crippen LogP contribution in [0, 0.1) is 11.8 Å². The summed E-state index contributed by atoms with van der Waals surface area (Å²) in [5.41, 5.74) is 0.266. The third kappa shape index (κ3) is 4.75. The van der Waals surface area contributed by atoms with E-state index in [1.54, 1.807) is 0 Å². The molecule has 2 aliphatic rings. The van der Waals surface area contributed by atoms with Crippen LogP contribution in [0.1, 0.15) is 66.7 Å². The van der Waals surface area contributed by atoms with Crippen molar-refractivity contribution in [2.24, 2.45) is 11.8 Å². The smallest absolute Gasteiger partial charge is 0.0139 e. The van der Waals surface area contributed by atoms with Crippen molar-refractivity contribution in [1.29, 1.82) is 0 Å². The van der Waals surface area contributed by atoms with Gasteiger partial charge in [0.15, 0.2) is 0 Å². The molecule has 2 unspecified atom stereocenters. The average Bonchev–Trinajstić information content (AvgIpc) is 3.03. The second-order valence-corrected chi connectivity index (χ2v) is 8.19. The molecule has 0 radical (unpaired) electrons. The molecule has 1 N–H and O–H groups in total. The lowest BCUT2D eigenvalue weighted by Gasteiger charge is -2.46. The number of nitrogens with one attached hydrogen (secondary N) is 1. The fourth-order valence-corrected chi connectivity index (χ4v) is 3.10. The zero-order chi connectivity index (χ0) is 14.0. The lowest BCUT2D eigenvalue weighted by Crippen LogP contribution is -2.53. The summed E-state index contributed by atoms with van der Waals surface area (Å²) in [5, 5.41) is 3.71. The molecule has 0 heterocycles. The Bertz CT molecular complexity index is 275. The largest absolute Gasteiger partial charge is 0.312 e. The molecule has 19 heavy (non-hydrogen) atoms. The molecular weight excluding hydrogens is 232 g/mol. The lowest BCUT2D eigenvalue weighted by molar-refractivity contribution is 0.0481. The number of nitrogens with zero attached hydrogens (tertiary/aromatic N) is 1. The maximum atomic E-state index is 3.71. The van der Waals surface area contributed by atoms with E-state index >= 15 is 0 Å². The van der Waals surface area contributed by atoms with Gasteiger partial charge in [-0.1, -0.05) is 13.8 Å². The summed E-state index contributed by atoms with van der Waals surface area (Å²) < 4.78 is 0. The Kier molecular flexibility index (Phi) is 4.94. The van der Waals surface area contributed by atoms with Crippen LogP contribution in [0.2, 0.25) is 0 Å². The third-order valence-electron chi connectivity index (χ3n) is 4.68. The second kappa shape index (κ2) is 6.13. The fraction of sp³-hybridized carbons (Fsp3) is 1.00. The molecule has 0 amide bonds. The summed E-state index contributed by atoms with van der Waals surface area (Å²) in [5.74, 6) is 1.74. The number of rotatable bonds is 7. The van der Waals surface area contributed by atoms with Gasteiger partial charge in [-0.05, 0) is 77.8 Å². The van der Waals surface area contributed by atoms with Crippen molar-refractivity contribution in [2.75, 3.05) is 13.1 Å². The minimum Gasteiger partial charge on any atom is -0.312 e. The standard InChI is InChI=1S/C17H34N2/c1-13(2)10-11-19(15-7-8-15)16-9-6-14(16)12-18-17(3,4)5/h13-16,18H,6-12H2,1-5H3. The van der Waals surface area contributed by atoms with E-state index < -0.39 is 0 Å². The van der Waals surface area contributed by atoms with Gasteiger partial charge >= 0.3 is 0 Å². The quantitative estimate of drug-likeness (QED) is 0.756. The van der Waals surface area contributed by atoms with Crippen molar-refractivity contribution >= 4 is 0 Å². The van der Waals surface area contributed by atoms with Gasteiger partial charge in [0, 0.05) is 17.6 Å². The van der Waals surface area contributed by atoms with Gasteiger partial charge in [-0.15, -0.1) is 0 Å². The van der Waals surface area contributed by atoms with E-state index in [1.165, 1.54) is 45.2 Å². The molecule has 0 aromatic carbocycles. The zero-order valence-corrected chi connectivity index (χ0v) is 13.7. The predicted molar refractivity (Wildman–Crippen MR) is 83.5 cm³/mol. The molecule has 2 fully saturated rings. The van der Waals surface area contributed by atoms with Gasteiger partial charge < -0.3 is 5.32 Å². The van der Waals surface area contributed by atoms with E-state index in [0.29, 0.717) is 0 Å². The molecule has 0 spiro atoms. The summed E-state index contributed by atoms with van der Waals surface area (Å²) in [6.45, 7) is 14.1. The molecular formula is C17H34N2. The van der Waals surface area contributed by atoms with Gasteiger partial charge in [-0.2, -0.15) is 0 Å². The van der Waals surface area contributed by atoms with Crippen LogP contribution in [0.15, 0.2) is 0 Å². The van der Waals surface area contributed by atoms with E-state index in [1.807, 2.05) is 0 Å². The summed E-state index contributed by atoms with van der Waals surface area (Å²) >= 11 is 0. The maximum Gasteiger partial charge on any atom is 0.0139 e. The molecule has 0 bridgehead atoms. The number of hydrogen-bond donors (Lipinski definition) is 1. The molecule has 0 saturated heterocycles. The van der Waals surface area contributed by atoms with Crippen molar-refractivity contribution in [3.63, 3.8) is 0 Å². The first-order valence-corrected chi connectivity index (χ1v) is 8.37. The van der Waals surface area contributed by atoms with E-state index in [9.17, 15) is 0 Å². The first-order chi connectivity index (χ1) is 8.87. The van der Waals surface area contributed by atoms with E-state index in [0.717, 1.165) is 23.9 Å². The van der Waals surface area contributed by atoms with Crippen LogP contribution >= 0.6 is 0 Å². The highest BCUT2D eigenvalue weighted by Crippen LogP contribution is 2.39. The Morgan fingerprint density at radius 3 is 2.21 bits per heavy atom. The van der Waals surface area contributed by atoms with Gasteiger partial charge in [-0.3, -0.25) is 4.90 Å². The molecule has 112 valence electrons. The van der Waals surface area contributed by atoms with Crippen molar-refractivity contribution in [3.05, 3.63) is 0 Å². The van der Waals surface area contributed by atoms with E-state index in [2.05, 4.69) is 44.8 Å². The molecule has 0 aromatic heterocycles. The Balaban J connectivity index is 1.80. The monoisotopic (exact) mass is 266 g/mol. The highest BCUT2D eigenvalue weighted by atomic mass is 15.2. The van der Waals surface area contributed by atoms with Crippen LogP contribution in [-0.2, 0) is 0 Å². The van der Waals surface area contributed by atoms with Gasteiger partial charge in [0.2, 0.25) is 0 Å². The van der Waals surface area contributed by atoms with Gasteiger partial charge in [0.05, 0.1) is 0 Å². The second-order valence-electron chi connectivity index (χ2n) is 8.19. The summed E-state index contributed by atoms with van der Waals surface area (Å²) in [6.07, 6.45) is 7.14. The van der Waals surface area contributed by atoms with Gasteiger partial charge in [-0.25, -0.2) is 0 Å². The minimum atomic E-state index is 0.266. The van der Waals surface area contributed by atoms with Crippen LogP contribution in [0.25, 0.3) is 0 Å². The van der Waals surface area contributed by atoms with Crippen LogP contribution < -0.4 is 5.32 Å². The SMILES string of the molecule is CC(C)CCN(C1CC1)C1CCC1CNC(C)(C)C. The summed E-state index contributed by atoms with van der Waals surface area (Å²) in [6, 6.07) is 1.81.